The number of hydrogen-bond acceptors (Lipinski definition) is 3. The van der Waals surface area contributed by atoms with Crippen LogP contribution in [0.15, 0.2) is 16.8 Å². The van der Waals surface area contributed by atoms with Gasteiger partial charge < -0.3 is 4.52 Å². The summed E-state index contributed by atoms with van der Waals surface area (Å²) >= 11 is 0. The molecule has 1 saturated carbocycles. The third kappa shape index (κ3) is 1.77. The number of rotatable bonds is 3. The van der Waals surface area contributed by atoms with E-state index in [9.17, 15) is 0 Å². The Morgan fingerprint density at radius 2 is 2.18 bits per heavy atom. The Morgan fingerprint density at radius 3 is 2.71 bits per heavy atom. The average molecular weight is 231 g/mol. The Hall–Kier alpha value is -1.58. The quantitative estimate of drug-likeness (QED) is 0.815. The summed E-state index contributed by atoms with van der Waals surface area (Å²) in [4.78, 5) is 0. The van der Waals surface area contributed by atoms with Crippen LogP contribution in [0, 0.1) is 0 Å². The monoisotopic (exact) mass is 231 g/mol. The molecule has 1 aliphatic carbocycles. The fourth-order valence-corrected chi connectivity index (χ4v) is 2.14. The van der Waals surface area contributed by atoms with Gasteiger partial charge in [0.05, 0.1) is 17.0 Å². The van der Waals surface area contributed by atoms with E-state index in [1.165, 1.54) is 12.8 Å². The molecule has 90 valence electrons. The number of hydrogen-bond donors (Lipinski definition) is 0. The first-order valence-corrected chi connectivity index (χ1v) is 6.16. The minimum absolute atomic E-state index is 0.364. The van der Waals surface area contributed by atoms with Crippen molar-refractivity contribution in [2.24, 2.45) is 7.05 Å². The predicted molar refractivity (Wildman–Crippen MR) is 64.8 cm³/mol. The summed E-state index contributed by atoms with van der Waals surface area (Å²) in [5.41, 5.74) is 3.15. The van der Waals surface area contributed by atoms with Crippen LogP contribution in [0.1, 0.15) is 50.0 Å². The predicted octanol–water partition coefficient (Wildman–Crippen LogP) is 3.08. The molecular weight excluding hydrogens is 214 g/mol. The van der Waals surface area contributed by atoms with Crippen LogP contribution < -0.4 is 0 Å². The van der Waals surface area contributed by atoms with E-state index in [1.54, 1.807) is 0 Å². The van der Waals surface area contributed by atoms with E-state index >= 15 is 0 Å². The largest absolute Gasteiger partial charge is 0.360 e. The Kier molecular flexibility index (Phi) is 2.31. The van der Waals surface area contributed by atoms with Crippen LogP contribution in [0.5, 0.6) is 0 Å². The number of aromatic nitrogens is 3. The van der Waals surface area contributed by atoms with Gasteiger partial charge in [0.2, 0.25) is 0 Å². The first-order chi connectivity index (χ1) is 8.16. The average Bonchev–Trinajstić information content (AvgIpc) is 2.88. The molecule has 0 saturated heterocycles. The lowest BCUT2D eigenvalue weighted by Gasteiger charge is -2.03. The molecule has 0 unspecified atom stereocenters. The lowest BCUT2D eigenvalue weighted by molar-refractivity contribution is 0.376. The van der Waals surface area contributed by atoms with Crippen LogP contribution in [0.25, 0.3) is 11.3 Å². The zero-order valence-corrected chi connectivity index (χ0v) is 10.5. The number of aryl methyl sites for hydroxylation is 1. The molecule has 0 aromatic carbocycles. The van der Waals surface area contributed by atoms with E-state index in [1.807, 2.05) is 24.0 Å². The SMILES string of the molecule is CC(C)c1noc(C2CC2)c1-c1ccn(C)n1. The Labute approximate surface area is 101 Å². The van der Waals surface area contributed by atoms with Gasteiger partial charge in [-0.2, -0.15) is 5.10 Å². The lowest BCUT2D eigenvalue weighted by atomic mass is 10.0. The van der Waals surface area contributed by atoms with Gasteiger partial charge in [-0.25, -0.2) is 0 Å². The summed E-state index contributed by atoms with van der Waals surface area (Å²) < 4.78 is 7.37. The standard InChI is InChI=1S/C13H17N3O/c1-8(2)12-11(10-6-7-16(3)14-10)13(17-15-12)9-4-5-9/h6-9H,4-5H2,1-3H3. The zero-order valence-electron chi connectivity index (χ0n) is 10.5. The summed E-state index contributed by atoms with van der Waals surface area (Å²) in [6.45, 7) is 4.28. The molecule has 4 nitrogen and oxygen atoms in total. The second kappa shape index (κ2) is 3.72. The lowest BCUT2D eigenvalue weighted by Crippen LogP contribution is -1.94. The Morgan fingerprint density at radius 1 is 1.41 bits per heavy atom. The fourth-order valence-electron chi connectivity index (χ4n) is 2.14. The maximum Gasteiger partial charge on any atom is 0.149 e. The molecule has 0 radical (unpaired) electrons. The molecular formula is C13H17N3O. The molecule has 1 fully saturated rings. The van der Waals surface area contributed by atoms with E-state index in [0.717, 1.165) is 22.7 Å². The highest BCUT2D eigenvalue weighted by molar-refractivity contribution is 5.65. The summed E-state index contributed by atoms with van der Waals surface area (Å²) in [5.74, 6) is 1.96. The number of nitrogens with zero attached hydrogens (tertiary/aromatic N) is 3. The smallest absolute Gasteiger partial charge is 0.149 e. The molecule has 3 rings (SSSR count). The molecule has 17 heavy (non-hydrogen) atoms. The first-order valence-electron chi connectivity index (χ1n) is 6.16. The molecule has 1 aliphatic rings. The molecule has 0 spiro atoms. The summed E-state index contributed by atoms with van der Waals surface area (Å²) in [7, 11) is 1.93. The minimum Gasteiger partial charge on any atom is -0.360 e. The molecule has 0 bridgehead atoms. The highest BCUT2D eigenvalue weighted by Crippen LogP contribution is 2.46. The summed E-state index contributed by atoms with van der Waals surface area (Å²) in [6.07, 6.45) is 4.39. The van der Waals surface area contributed by atoms with Gasteiger partial charge in [0.15, 0.2) is 0 Å². The fraction of sp³-hybridized carbons (Fsp3) is 0.538. The topological polar surface area (TPSA) is 43.9 Å². The van der Waals surface area contributed by atoms with Crippen molar-refractivity contribution in [2.75, 3.05) is 0 Å². The minimum atomic E-state index is 0.364. The van der Waals surface area contributed by atoms with Crippen LogP contribution in [0.4, 0.5) is 0 Å². The molecule has 0 atom stereocenters. The normalized spacial score (nSPS) is 15.8. The molecule has 0 amide bonds. The molecule has 0 aliphatic heterocycles. The van der Waals surface area contributed by atoms with Crippen molar-refractivity contribution in [1.29, 1.82) is 0 Å². The van der Waals surface area contributed by atoms with Crippen LogP contribution >= 0.6 is 0 Å². The van der Waals surface area contributed by atoms with Gasteiger partial charge in [0.25, 0.3) is 0 Å². The van der Waals surface area contributed by atoms with Gasteiger partial charge in [0, 0.05) is 19.2 Å². The van der Waals surface area contributed by atoms with Gasteiger partial charge in [-0.3, -0.25) is 4.68 Å². The van der Waals surface area contributed by atoms with Gasteiger partial charge >= 0.3 is 0 Å². The van der Waals surface area contributed by atoms with Crippen molar-refractivity contribution in [3.8, 4) is 11.3 Å². The van der Waals surface area contributed by atoms with Gasteiger partial charge in [-0.1, -0.05) is 19.0 Å². The zero-order chi connectivity index (χ0) is 12.0. The molecule has 4 heteroatoms. The van der Waals surface area contributed by atoms with E-state index in [0.29, 0.717) is 11.8 Å². The van der Waals surface area contributed by atoms with Crippen LogP contribution in [-0.4, -0.2) is 14.9 Å². The van der Waals surface area contributed by atoms with E-state index in [2.05, 4.69) is 24.1 Å². The Balaban J connectivity index is 2.13. The Bertz CT molecular complexity index is 515. The van der Waals surface area contributed by atoms with Crippen LogP contribution in [-0.2, 0) is 7.05 Å². The van der Waals surface area contributed by atoms with Gasteiger partial charge in [-0.05, 0) is 24.8 Å². The van der Waals surface area contributed by atoms with Gasteiger partial charge in [-0.15, -0.1) is 0 Å². The highest BCUT2D eigenvalue weighted by Gasteiger charge is 2.34. The molecule has 2 aromatic heterocycles. The van der Waals surface area contributed by atoms with E-state index < -0.39 is 0 Å². The third-order valence-corrected chi connectivity index (χ3v) is 3.21. The summed E-state index contributed by atoms with van der Waals surface area (Å²) in [6, 6.07) is 2.03. The first kappa shape index (κ1) is 10.6. The van der Waals surface area contributed by atoms with Crippen molar-refractivity contribution >= 4 is 0 Å². The summed E-state index contributed by atoms with van der Waals surface area (Å²) in [5, 5.41) is 8.72. The second-order valence-electron chi connectivity index (χ2n) is 5.11. The van der Waals surface area contributed by atoms with Crippen LogP contribution in [0.3, 0.4) is 0 Å². The second-order valence-corrected chi connectivity index (χ2v) is 5.11. The van der Waals surface area contributed by atoms with E-state index in [4.69, 9.17) is 4.52 Å². The third-order valence-electron chi connectivity index (χ3n) is 3.21. The highest BCUT2D eigenvalue weighted by atomic mass is 16.5. The maximum atomic E-state index is 5.55. The van der Waals surface area contributed by atoms with E-state index in [-0.39, 0.29) is 0 Å². The molecule has 2 heterocycles. The van der Waals surface area contributed by atoms with Crippen molar-refractivity contribution in [2.45, 2.75) is 38.5 Å². The molecule has 0 N–H and O–H groups in total. The van der Waals surface area contributed by atoms with Crippen molar-refractivity contribution in [3.05, 3.63) is 23.7 Å². The molecule has 2 aromatic rings. The maximum absolute atomic E-state index is 5.55. The van der Waals surface area contributed by atoms with Crippen molar-refractivity contribution in [1.82, 2.24) is 14.9 Å². The van der Waals surface area contributed by atoms with Crippen molar-refractivity contribution in [3.63, 3.8) is 0 Å². The van der Waals surface area contributed by atoms with Crippen molar-refractivity contribution < 1.29 is 4.52 Å². The van der Waals surface area contributed by atoms with Crippen LogP contribution in [0.2, 0.25) is 0 Å². The van der Waals surface area contributed by atoms with Gasteiger partial charge in [0.1, 0.15) is 5.76 Å².